The molecular weight excluding hydrogens is 214 g/mol. The van der Waals surface area contributed by atoms with Crippen molar-refractivity contribution in [1.82, 2.24) is 0 Å². The first-order valence-electron chi connectivity index (χ1n) is 5.61. The van der Waals surface area contributed by atoms with E-state index in [1.54, 1.807) is 19.1 Å². The average Bonchev–Trinajstić information content (AvgIpc) is 2.27. The predicted octanol–water partition coefficient (Wildman–Crippen LogP) is 3.28. The number of carbonyl (C=O) groups is 1. The molecule has 0 spiro atoms. The third kappa shape index (κ3) is 5.62. The van der Waals surface area contributed by atoms with E-state index in [9.17, 15) is 4.79 Å². The molecule has 0 aromatic heterocycles. The SMILES string of the molecule is CC(C)C#CC(C)OC(=O)Nc1ccccc1. The van der Waals surface area contributed by atoms with Gasteiger partial charge in [0.15, 0.2) is 6.10 Å². The first-order chi connectivity index (χ1) is 8.08. The number of rotatable bonds is 2. The van der Waals surface area contributed by atoms with Gasteiger partial charge in [0.1, 0.15) is 0 Å². The summed E-state index contributed by atoms with van der Waals surface area (Å²) in [6.07, 6.45) is -0.886. The number of ether oxygens (including phenoxy) is 1. The molecule has 0 aliphatic carbocycles. The van der Waals surface area contributed by atoms with Crippen LogP contribution < -0.4 is 5.32 Å². The van der Waals surface area contributed by atoms with Gasteiger partial charge in [0.2, 0.25) is 0 Å². The van der Waals surface area contributed by atoms with Crippen LogP contribution in [0.4, 0.5) is 10.5 Å². The summed E-state index contributed by atoms with van der Waals surface area (Å²) in [5, 5.41) is 2.63. The van der Waals surface area contributed by atoms with Crippen molar-refractivity contribution < 1.29 is 9.53 Å². The lowest BCUT2D eigenvalue weighted by molar-refractivity contribution is 0.145. The van der Waals surface area contributed by atoms with Crippen molar-refractivity contribution in [1.29, 1.82) is 0 Å². The van der Waals surface area contributed by atoms with Crippen molar-refractivity contribution in [2.24, 2.45) is 5.92 Å². The Morgan fingerprint density at radius 2 is 1.82 bits per heavy atom. The Morgan fingerprint density at radius 3 is 2.41 bits per heavy atom. The molecule has 1 atom stereocenters. The topological polar surface area (TPSA) is 38.3 Å². The summed E-state index contributed by atoms with van der Waals surface area (Å²) in [5.41, 5.74) is 0.710. The van der Waals surface area contributed by atoms with Gasteiger partial charge in [-0.1, -0.05) is 43.9 Å². The average molecular weight is 231 g/mol. The number of nitrogens with one attached hydrogen (secondary N) is 1. The molecule has 0 radical (unpaired) electrons. The third-order valence-corrected chi connectivity index (χ3v) is 1.88. The molecule has 3 nitrogen and oxygen atoms in total. The molecule has 1 aromatic rings. The maximum atomic E-state index is 11.5. The summed E-state index contributed by atoms with van der Waals surface area (Å²) in [4.78, 5) is 11.5. The zero-order valence-electron chi connectivity index (χ0n) is 10.4. The Balaban J connectivity index is 2.43. The fraction of sp³-hybridized carbons (Fsp3) is 0.357. The van der Waals surface area contributed by atoms with Crippen LogP contribution in [-0.4, -0.2) is 12.2 Å². The second-order valence-electron chi connectivity index (χ2n) is 3.98. The first-order valence-corrected chi connectivity index (χ1v) is 5.61. The Bertz CT molecular complexity index is 415. The molecular formula is C14H17NO2. The minimum Gasteiger partial charge on any atom is -0.433 e. The molecule has 1 unspecified atom stereocenters. The molecule has 0 bridgehead atoms. The van der Waals surface area contributed by atoms with E-state index in [2.05, 4.69) is 17.2 Å². The van der Waals surface area contributed by atoms with E-state index in [4.69, 9.17) is 4.74 Å². The van der Waals surface area contributed by atoms with Crippen molar-refractivity contribution in [2.45, 2.75) is 26.9 Å². The number of para-hydroxylation sites is 1. The van der Waals surface area contributed by atoms with Crippen molar-refractivity contribution in [3.8, 4) is 11.8 Å². The zero-order valence-corrected chi connectivity index (χ0v) is 10.4. The first kappa shape index (κ1) is 13.1. The summed E-state index contributed by atoms with van der Waals surface area (Å²) in [6.45, 7) is 5.73. The predicted molar refractivity (Wildman–Crippen MR) is 68.6 cm³/mol. The molecule has 0 saturated carbocycles. The zero-order chi connectivity index (χ0) is 12.7. The van der Waals surface area contributed by atoms with Crippen LogP contribution in [0, 0.1) is 17.8 Å². The second-order valence-corrected chi connectivity index (χ2v) is 3.98. The number of anilines is 1. The minimum atomic E-state index is -0.484. The van der Waals surface area contributed by atoms with E-state index in [0.29, 0.717) is 5.69 Å². The highest BCUT2D eigenvalue weighted by Crippen LogP contribution is 2.06. The van der Waals surface area contributed by atoms with Crippen LogP contribution in [-0.2, 0) is 4.74 Å². The lowest BCUT2D eigenvalue weighted by atomic mass is 10.2. The number of amides is 1. The van der Waals surface area contributed by atoms with Gasteiger partial charge in [-0.3, -0.25) is 5.32 Å². The highest BCUT2D eigenvalue weighted by atomic mass is 16.6. The molecule has 0 saturated heterocycles. The molecule has 90 valence electrons. The number of hydrogen-bond acceptors (Lipinski definition) is 2. The van der Waals surface area contributed by atoms with Crippen molar-refractivity contribution in [3.05, 3.63) is 30.3 Å². The molecule has 0 aliphatic heterocycles. The molecule has 1 N–H and O–H groups in total. The van der Waals surface area contributed by atoms with Gasteiger partial charge in [-0.25, -0.2) is 4.79 Å². The van der Waals surface area contributed by atoms with Gasteiger partial charge >= 0.3 is 6.09 Å². The van der Waals surface area contributed by atoms with Gasteiger partial charge in [-0.2, -0.15) is 0 Å². The maximum Gasteiger partial charge on any atom is 0.412 e. The van der Waals surface area contributed by atoms with E-state index in [0.717, 1.165) is 0 Å². The van der Waals surface area contributed by atoms with E-state index in [1.165, 1.54) is 0 Å². The van der Waals surface area contributed by atoms with Crippen molar-refractivity contribution in [3.63, 3.8) is 0 Å². The van der Waals surface area contributed by atoms with E-state index in [-0.39, 0.29) is 5.92 Å². The smallest absolute Gasteiger partial charge is 0.412 e. The maximum absolute atomic E-state index is 11.5. The number of hydrogen-bond donors (Lipinski definition) is 1. The standard InChI is InChI=1S/C14H17NO2/c1-11(2)9-10-12(3)17-14(16)15-13-7-5-4-6-8-13/h4-8,11-12H,1-3H3,(H,15,16). The van der Waals surface area contributed by atoms with Crippen molar-refractivity contribution >= 4 is 11.8 Å². The summed E-state index contributed by atoms with van der Waals surface area (Å²) in [5.74, 6) is 6.10. The third-order valence-electron chi connectivity index (χ3n) is 1.88. The fourth-order valence-electron chi connectivity index (χ4n) is 1.14. The van der Waals surface area contributed by atoms with Crippen LogP contribution in [0.25, 0.3) is 0 Å². The van der Waals surface area contributed by atoms with Gasteiger partial charge in [0.25, 0.3) is 0 Å². The monoisotopic (exact) mass is 231 g/mol. The lowest BCUT2D eigenvalue weighted by Crippen LogP contribution is -2.19. The van der Waals surface area contributed by atoms with Gasteiger partial charge in [0, 0.05) is 11.6 Å². The Kier molecular flexibility index (Phi) is 5.09. The normalized spacial score (nSPS) is 11.3. The molecule has 1 aromatic carbocycles. The van der Waals surface area contributed by atoms with E-state index in [1.807, 2.05) is 32.0 Å². The number of benzene rings is 1. The Labute approximate surface area is 102 Å². The molecule has 0 aliphatic rings. The molecule has 3 heteroatoms. The van der Waals surface area contributed by atoms with Gasteiger partial charge in [-0.15, -0.1) is 0 Å². The highest BCUT2D eigenvalue weighted by Gasteiger charge is 2.06. The quantitative estimate of drug-likeness (QED) is 0.793. The van der Waals surface area contributed by atoms with Crippen LogP contribution in [0.15, 0.2) is 30.3 Å². The fourth-order valence-corrected chi connectivity index (χ4v) is 1.14. The molecule has 17 heavy (non-hydrogen) atoms. The molecule has 1 rings (SSSR count). The molecule has 0 heterocycles. The van der Waals surface area contributed by atoms with Crippen LogP contribution >= 0.6 is 0 Å². The van der Waals surface area contributed by atoms with Crippen molar-refractivity contribution in [2.75, 3.05) is 5.32 Å². The summed E-state index contributed by atoms with van der Waals surface area (Å²) >= 11 is 0. The van der Waals surface area contributed by atoms with Crippen LogP contribution in [0.3, 0.4) is 0 Å². The largest absolute Gasteiger partial charge is 0.433 e. The summed E-state index contributed by atoms with van der Waals surface area (Å²) in [6, 6.07) is 9.17. The van der Waals surface area contributed by atoms with Gasteiger partial charge < -0.3 is 4.74 Å². The van der Waals surface area contributed by atoms with Crippen LogP contribution in [0.1, 0.15) is 20.8 Å². The van der Waals surface area contributed by atoms with Crippen LogP contribution in [0.5, 0.6) is 0 Å². The van der Waals surface area contributed by atoms with Gasteiger partial charge in [-0.05, 0) is 19.1 Å². The lowest BCUT2D eigenvalue weighted by Gasteiger charge is -2.08. The Morgan fingerprint density at radius 1 is 1.18 bits per heavy atom. The molecule has 1 amide bonds. The van der Waals surface area contributed by atoms with Gasteiger partial charge in [0.05, 0.1) is 0 Å². The highest BCUT2D eigenvalue weighted by molar-refractivity contribution is 5.84. The van der Waals surface area contributed by atoms with E-state index < -0.39 is 12.2 Å². The molecule has 0 fully saturated rings. The summed E-state index contributed by atoms with van der Waals surface area (Å²) < 4.78 is 5.08. The summed E-state index contributed by atoms with van der Waals surface area (Å²) in [7, 11) is 0. The minimum absolute atomic E-state index is 0.276. The number of carbonyl (C=O) groups excluding carboxylic acids is 1. The van der Waals surface area contributed by atoms with Crippen LogP contribution in [0.2, 0.25) is 0 Å². The Hall–Kier alpha value is -1.95. The van der Waals surface area contributed by atoms with E-state index >= 15 is 0 Å². The second kappa shape index (κ2) is 6.59.